The van der Waals surface area contributed by atoms with E-state index in [0.717, 1.165) is 61.5 Å². The first-order valence-electron chi connectivity index (χ1n) is 13.4. The van der Waals surface area contributed by atoms with E-state index >= 15 is 0 Å². The summed E-state index contributed by atoms with van der Waals surface area (Å²) in [6.45, 7) is 0. The minimum atomic E-state index is -0.406. The van der Waals surface area contributed by atoms with Crippen molar-refractivity contribution in [3.63, 3.8) is 0 Å². The van der Waals surface area contributed by atoms with Crippen molar-refractivity contribution in [2.75, 3.05) is 0 Å². The molecule has 0 aliphatic heterocycles. The van der Waals surface area contributed by atoms with E-state index in [0.29, 0.717) is 16.7 Å². The van der Waals surface area contributed by atoms with Crippen LogP contribution in [0.5, 0.6) is 0 Å². The van der Waals surface area contributed by atoms with Gasteiger partial charge in [0.2, 0.25) is 0 Å². The van der Waals surface area contributed by atoms with Gasteiger partial charge in [-0.3, -0.25) is 4.57 Å². The SMILES string of the molecule is N#Cc1cccc2c1C1c3c(C#N)cccc3C2c2c(-n3c(-c4ccccc4)nc4ccccc43)ccc(C#N)c21. The van der Waals surface area contributed by atoms with Gasteiger partial charge in [-0.1, -0.05) is 66.7 Å². The summed E-state index contributed by atoms with van der Waals surface area (Å²) in [5, 5.41) is 30.7. The second kappa shape index (κ2) is 8.52. The molecule has 9 rings (SSSR count). The number of imidazole rings is 1. The lowest BCUT2D eigenvalue weighted by molar-refractivity contribution is 0.741. The van der Waals surface area contributed by atoms with Gasteiger partial charge >= 0.3 is 0 Å². The Kier molecular flexibility index (Phi) is 4.77. The van der Waals surface area contributed by atoms with Crippen LogP contribution in [0.2, 0.25) is 0 Å². The molecular weight excluding hydrogens is 502 g/mol. The maximum Gasteiger partial charge on any atom is 0.145 e. The highest BCUT2D eigenvalue weighted by molar-refractivity contribution is 5.86. The van der Waals surface area contributed by atoms with Crippen molar-refractivity contribution in [1.82, 2.24) is 9.55 Å². The van der Waals surface area contributed by atoms with Gasteiger partial charge in [-0.2, -0.15) is 15.8 Å². The quantitative estimate of drug-likeness (QED) is 0.239. The van der Waals surface area contributed by atoms with Crippen molar-refractivity contribution in [2.24, 2.45) is 0 Å². The van der Waals surface area contributed by atoms with E-state index in [9.17, 15) is 15.8 Å². The molecule has 0 N–H and O–H groups in total. The molecule has 0 saturated carbocycles. The van der Waals surface area contributed by atoms with Crippen LogP contribution in [0, 0.1) is 34.0 Å². The topological polar surface area (TPSA) is 89.2 Å². The average molecular weight is 522 g/mol. The second-order valence-electron chi connectivity index (χ2n) is 10.4. The Bertz CT molecular complexity index is 2140. The van der Waals surface area contributed by atoms with Crippen LogP contribution in [0.15, 0.2) is 103 Å². The number of benzene rings is 5. The molecule has 5 aromatic carbocycles. The van der Waals surface area contributed by atoms with Gasteiger partial charge in [0, 0.05) is 17.4 Å². The van der Waals surface area contributed by atoms with Crippen LogP contribution in [-0.4, -0.2) is 9.55 Å². The zero-order valence-corrected chi connectivity index (χ0v) is 21.7. The van der Waals surface area contributed by atoms with E-state index in [1.165, 1.54) is 0 Å². The van der Waals surface area contributed by atoms with Crippen LogP contribution >= 0.6 is 0 Å². The molecule has 0 amide bonds. The Morgan fingerprint density at radius 3 is 1.80 bits per heavy atom. The number of rotatable bonds is 2. The molecule has 0 saturated heterocycles. The summed E-state index contributed by atoms with van der Waals surface area (Å²) in [6, 6.07) is 41.1. The van der Waals surface area contributed by atoms with Gasteiger partial charge in [0.05, 0.1) is 51.6 Å². The highest BCUT2D eigenvalue weighted by Gasteiger charge is 2.46. The standard InChI is InChI=1S/C36H19N5/c37-18-22-10-6-12-25-30(22)35-31-23(19-38)11-7-13-26(31)33(25)34-29(17-16-24(20-39)32(34)35)41-28-15-5-4-14-27(28)40-36(41)21-8-2-1-3-9-21/h1-17,33,35H. The fourth-order valence-electron chi connectivity index (χ4n) is 7.00. The molecule has 6 aromatic rings. The smallest absolute Gasteiger partial charge is 0.145 e. The fraction of sp³-hybridized carbons (Fsp3) is 0.0556. The molecule has 2 bridgehead atoms. The van der Waals surface area contributed by atoms with E-state index in [1.54, 1.807) is 0 Å². The molecule has 41 heavy (non-hydrogen) atoms. The first-order chi connectivity index (χ1) is 20.2. The lowest BCUT2D eigenvalue weighted by Crippen LogP contribution is -2.31. The Morgan fingerprint density at radius 2 is 1.15 bits per heavy atom. The van der Waals surface area contributed by atoms with Gasteiger partial charge in [-0.05, 0) is 69.8 Å². The molecule has 5 nitrogen and oxygen atoms in total. The van der Waals surface area contributed by atoms with Crippen LogP contribution in [0.3, 0.4) is 0 Å². The Labute approximate surface area is 236 Å². The summed E-state index contributed by atoms with van der Waals surface area (Å²) < 4.78 is 2.20. The number of aromatic nitrogens is 2. The first kappa shape index (κ1) is 23.0. The third kappa shape index (κ3) is 2.99. The molecule has 188 valence electrons. The van der Waals surface area contributed by atoms with E-state index in [1.807, 2.05) is 72.8 Å². The summed E-state index contributed by atoms with van der Waals surface area (Å²) in [7, 11) is 0. The predicted molar refractivity (Wildman–Crippen MR) is 155 cm³/mol. The molecule has 3 aliphatic rings. The lowest BCUT2D eigenvalue weighted by Gasteiger charge is -2.44. The number of nitriles is 3. The normalized spacial score (nSPS) is 15.7. The van der Waals surface area contributed by atoms with E-state index in [2.05, 4.69) is 53.1 Å². The molecule has 0 fully saturated rings. The second-order valence-corrected chi connectivity index (χ2v) is 10.4. The van der Waals surface area contributed by atoms with E-state index in [-0.39, 0.29) is 5.92 Å². The molecule has 3 aliphatic carbocycles. The van der Waals surface area contributed by atoms with Gasteiger partial charge in [-0.25, -0.2) is 4.98 Å². The fourth-order valence-corrected chi connectivity index (χ4v) is 7.00. The summed E-state index contributed by atoms with van der Waals surface area (Å²) >= 11 is 0. The average Bonchev–Trinajstić information content (AvgIpc) is 3.43. The van der Waals surface area contributed by atoms with Gasteiger partial charge in [0.15, 0.2) is 0 Å². The molecule has 0 atom stereocenters. The molecule has 0 unspecified atom stereocenters. The number of hydrogen-bond acceptors (Lipinski definition) is 4. The van der Waals surface area contributed by atoms with Crippen LogP contribution < -0.4 is 0 Å². The summed E-state index contributed by atoms with van der Waals surface area (Å²) in [6.07, 6.45) is 0. The molecule has 1 heterocycles. The van der Waals surface area contributed by atoms with Crippen molar-refractivity contribution >= 4 is 11.0 Å². The number of nitrogens with zero attached hydrogens (tertiary/aromatic N) is 5. The number of fused-ring (bicyclic) bond motifs is 1. The zero-order valence-electron chi connectivity index (χ0n) is 21.7. The Morgan fingerprint density at radius 1 is 0.537 bits per heavy atom. The predicted octanol–water partition coefficient (Wildman–Crippen LogP) is 7.29. The van der Waals surface area contributed by atoms with Crippen LogP contribution in [-0.2, 0) is 0 Å². The van der Waals surface area contributed by atoms with Crippen molar-refractivity contribution in [2.45, 2.75) is 11.8 Å². The molecular formula is C36H19N5. The summed E-state index contributed by atoms with van der Waals surface area (Å²) in [5.74, 6) is 0.156. The Balaban J connectivity index is 1.54. The third-order valence-electron chi connectivity index (χ3n) is 8.52. The molecule has 1 aromatic heterocycles. The van der Waals surface area contributed by atoms with Crippen LogP contribution in [0.4, 0.5) is 0 Å². The largest absolute Gasteiger partial charge is 0.292 e. The molecule has 0 radical (unpaired) electrons. The van der Waals surface area contributed by atoms with Crippen molar-refractivity contribution in [3.8, 4) is 35.3 Å². The van der Waals surface area contributed by atoms with Gasteiger partial charge in [0.1, 0.15) is 5.82 Å². The third-order valence-corrected chi connectivity index (χ3v) is 8.52. The highest BCUT2D eigenvalue weighted by Crippen LogP contribution is 2.59. The minimum absolute atomic E-state index is 0.255. The van der Waals surface area contributed by atoms with Crippen molar-refractivity contribution in [3.05, 3.63) is 153 Å². The van der Waals surface area contributed by atoms with Crippen molar-refractivity contribution in [1.29, 1.82) is 15.8 Å². The number of hydrogen-bond donors (Lipinski definition) is 0. The van der Waals surface area contributed by atoms with Gasteiger partial charge in [-0.15, -0.1) is 0 Å². The monoisotopic (exact) mass is 521 g/mol. The maximum atomic E-state index is 10.4. The minimum Gasteiger partial charge on any atom is -0.292 e. The van der Waals surface area contributed by atoms with Crippen LogP contribution in [0.1, 0.15) is 61.9 Å². The number of para-hydroxylation sites is 2. The van der Waals surface area contributed by atoms with Gasteiger partial charge < -0.3 is 0 Å². The zero-order chi connectivity index (χ0) is 27.7. The molecule has 0 spiro atoms. The summed E-state index contributed by atoms with van der Waals surface area (Å²) in [4.78, 5) is 5.07. The van der Waals surface area contributed by atoms with E-state index < -0.39 is 5.92 Å². The highest BCUT2D eigenvalue weighted by atomic mass is 15.1. The Hall–Kier alpha value is -5.96. The lowest BCUT2D eigenvalue weighted by atomic mass is 9.58. The summed E-state index contributed by atoms with van der Waals surface area (Å²) in [5.41, 5.74) is 11.3. The maximum absolute atomic E-state index is 10.4. The van der Waals surface area contributed by atoms with E-state index in [4.69, 9.17) is 4.98 Å². The van der Waals surface area contributed by atoms with Crippen molar-refractivity contribution < 1.29 is 0 Å². The van der Waals surface area contributed by atoms with Gasteiger partial charge in [0.25, 0.3) is 0 Å². The first-order valence-corrected chi connectivity index (χ1v) is 13.4. The molecule has 5 heteroatoms. The van der Waals surface area contributed by atoms with Crippen LogP contribution in [0.25, 0.3) is 28.1 Å².